The lowest BCUT2D eigenvalue weighted by Gasteiger charge is -2.33. The molecular weight excluding hydrogens is 488 g/mol. The third-order valence-electron chi connectivity index (χ3n) is 7.64. The van der Waals surface area contributed by atoms with E-state index in [2.05, 4.69) is 90.7 Å². The number of aromatic hydroxyl groups is 1. The van der Waals surface area contributed by atoms with Crippen molar-refractivity contribution in [2.24, 2.45) is 11.7 Å². The number of halogens is 1. The van der Waals surface area contributed by atoms with Gasteiger partial charge in [0, 0.05) is 24.3 Å². The van der Waals surface area contributed by atoms with E-state index >= 15 is 0 Å². The molecule has 3 nitrogen and oxygen atoms in total. The fraction of sp³-hybridized carbons (Fsp3) is 0.235. The lowest BCUT2D eigenvalue weighted by molar-refractivity contribution is 0.414. The van der Waals surface area contributed by atoms with E-state index in [1.165, 1.54) is 46.4 Å². The SMILES string of the molecule is CCC(=C(c1ccc(-c2ccccc2O)cc1)c1ccc(N2CCC(CN)CC2)cc1)c1ccccc1.Cl. The molecule has 1 heterocycles. The quantitative estimate of drug-likeness (QED) is 0.240. The van der Waals surface area contributed by atoms with E-state index in [4.69, 9.17) is 5.73 Å². The number of nitrogens with two attached hydrogens (primary N) is 1. The zero-order valence-corrected chi connectivity index (χ0v) is 22.8. The fourth-order valence-corrected chi connectivity index (χ4v) is 5.48. The van der Waals surface area contributed by atoms with Crippen molar-refractivity contribution in [3.05, 3.63) is 120 Å². The lowest BCUT2D eigenvalue weighted by atomic mass is 9.87. The third-order valence-corrected chi connectivity index (χ3v) is 7.64. The van der Waals surface area contributed by atoms with Crippen LogP contribution in [0.3, 0.4) is 0 Å². The lowest BCUT2D eigenvalue weighted by Crippen LogP contribution is -2.36. The Morgan fingerprint density at radius 3 is 1.92 bits per heavy atom. The van der Waals surface area contributed by atoms with Crippen LogP contribution in [0.4, 0.5) is 5.69 Å². The van der Waals surface area contributed by atoms with E-state index in [-0.39, 0.29) is 12.4 Å². The van der Waals surface area contributed by atoms with Crippen molar-refractivity contribution >= 4 is 29.2 Å². The highest BCUT2D eigenvalue weighted by Gasteiger charge is 2.19. The van der Waals surface area contributed by atoms with Crippen molar-refractivity contribution in [3.8, 4) is 16.9 Å². The molecular formula is C34H37ClN2O. The van der Waals surface area contributed by atoms with Gasteiger partial charge in [-0.3, -0.25) is 0 Å². The van der Waals surface area contributed by atoms with E-state index in [1.807, 2.05) is 18.2 Å². The van der Waals surface area contributed by atoms with E-state index in [1.54, 1.807) is 6.07 Å². The van der Waals surface area contributed by atoms with Crippen molar-refractivity contribution in [2.45, 2.75) is 26.2 Å². The van der Waals surface area contributed by atoms with Crippen LogP contribution in [-0.2, 0) is 0 Å². The highest BCUT2D eigenvalue weighted by molar-refractivity contribution is 5.99. The molecule has 1 aliphatic heterocycles. The van der Waals surface area contributed by atoms with Crippen LogP contribution in [0.2, 0.25) is 0 Å². The molecule has 0 saturated carbocycles. The number of phenols is 1. The predicted octanol–water partition coefficient (Wildman–Crippen LogP) is 8.03. The van der Waals surface area contributed by atoms with Crippen molar-refractivity contribution in [3.63, 3.8) is 0 Å². The summed E-state index contributed by atoms with van der Waals surface area (Å²) in [6.07, 6.45) is 3.26. The minimum atomic E-state index is 0. The Morgan fingerprint density at radius 2 is 1.34 bits per heavy atom. The maximum absolute atomic E-state index is 10.3. The summed E-state index contributed by atoms with van der Waals surface area (Å²) < 4.78 is 0. The number of benzene rings is 4. The van der Waals surface area contributed by atoms with Crippen molar-refractivity contribution in [2.75, 3.05) is 24.5 Å². The first-order chi connectivity index (χ1) is 18.2. The van der Waals surface area contributed by atoms with Gasteiger partial charge in [-0.2, -0.15) is 0 Å². The summed E-state index contributed by atoms with van der Waals surface area (Å²) in [5.74, 6) is 0.958. The second-order valence-corrected chi connectivity index (χ2v) is 9.88. The van der Waals surface area contributed by atoms with Gasteiger partial charge in [0.05, 0.1) is 0 Å². The maximum Gasteiger partial charge on any atom is 0.123 e. The number of piperidine rings is 1. The molecule has 196 valence electrons. The van der Waals surface area contributed by atoms with Crippen LogP contribution in [0.1, 0.15) is 42.9 Å². The average molecular weight is 525 g/mol. The molecule has 0 spiro atoms. The van der Waals surface area contributed by atoms with Crippen molar-refractivity contribution in [1.82, 2.24) is 0 Å². The number of rotatable bonds is 7. The molecule has 1 aliphatic rings. The van der Waals surface area contributed by atoms with Crippen LogP contribution >= 0.6 is 12.4 Å². The van der Waals surface area contributed by atoms with E-state index in [0.29, 0.717) is 11.7 Å². The van der Waals surface area contributed by atoms with Crippen LogP contribution in [0.25, 0.3) is 22.3 Å². The number of hydrogen-bond donors (Lipinski definition) is 2. The third kappa shape index (κ3) is 5.96. The van der Waals surface area contributed by atoms with Crippen LogP contribution < -0.4 is 10.6 Å². The second-order valence-electron chi connectivity index (χ2n) is 9.88. The van der Waals surface area contributed by atoms with Gasteiger partial charge in [0.2, 0.25) is 0 Å². The number of allylic oxidation sites excluding steroid dienone is 1. The monoisotopic (exact) mass is 524 g/mol. The highest BCUT2D eigenvalue weighted by atomic mass is 35.5. The van der Waals surface area contributed by atoms with Gasteiger partial charge in [0.15, 0.2) is 0 Å². The normalized spacial score (nSPS) is 14.5. The largest absolute Gasteiger partial charge is 0.507 e. The smallest absolute Gasteiger partial charge is 0.123 e. The molecule has 0 atom stereocenters. The highest BCUT2D eigenvalue weighted by Crippen LogP contribution is 2.37. The van der Waals surface area contributed by atoms with Crippen LogP contribution in [-0.4, -0.2) is 24.7 Å². The molecule has 0 radical (unpaired) electrons. The van der Waals surface area contributed by atoms with Crippen LogP contribution in [0.5, 0.6) is 5.75 Å². The molecule has 0 bridgehead atoms. The molecule has 0 amide bonds. The first kappa shape index (κ1) is 27.5. The summed E-state index contributed by atoms with van der Waals surface area (Å²) in [5, 5.41) is 10.3. The maximum atomic E-state index is 10.3. The molecule has 38 heavy (non-hydrogen) atoms. The van der Waals surface area contributed by atoms with Gasteiger partial charge in [-0.05, 0) is 83.3 Å². The Hall–Kier alpha value is -3.53. The second kappa shape index (κ2) is 12.8. The molecule has 0 unspecified atom stereocenters. The van der Waals surface area contributed by atoms with Gasteiger partial charge in [-0.25, -0.2) is 0 Å². The fourth-order valence-electron chi connectivity index (χ4n) is 5.48. The zero-order valence-electron chi connectivity index (χ0n) is 22.0. The minimum Gasteiger partial charge on any atom is -0.507 e. The summed E-state index contributed by atoms with van der Waals surface area (Å²) in [4.78, 5) is 2.48. The Kier molecular flexibility index (Phi) is 9.28. The van der Waals surface area contributed by atoms with Crippen LogP contribution in [0, 0.1) is 5.92 Å². The van der Waals surface area contributed by atoms with Gasteiger partial charge in [0.1, 0.15) is 5.75 Å². The van der Waals surface area contributed by atoms with Gasteiger partial charge in [-0.15, -0.1) is 12.4 Å². The topological polar surface area (TPSA) is 49.5 Å². The Morgan fingerprint density at radius 1 is 0.763 bits per heavy atom. The summed E-state index contributed by atoms with van der Waals surface area (Å²) in [6, 6.07) is 35.9. The summed E-state index contributed by atoms with van der Waals surface area (Å²) in [7, 11) is 0. The number of nitrogens with zero attached hydrogens (tertiary/aromatic N) is 1. The molecule has 4 heteroatoms. The molecule has 1 fully saturated rings. The van der Waals surface area contributed by atoms with Crippen LogP contribution in [0.15, 0.2) is 103 Å². The summed E-state index contributed by atoms with van der Waals surface area (Å²) in [5.41, 5.74) is 15.3. The first-order valence-corrected chi connectivity index (χ1v) is 13.4. The Bertz CT molecular complexity index is 1340. The van der Waals surface area contributed by atoms with E-state index < -0.39 is 0 Å². The molecule has 0 aliphatic carbocycles. The van der Waals surface area contributed by atoms with E-state index in [0.717, 1.165) is 37.2 Å². The van der Waals surface area contributed by atoms with Gasteiger partial charge >= 0.3 is 0 Å². The minimum absolute atomic E-state index is 0. The van der Waals surface area contributed by atoms with Gasteiger partial charge < -0.3 is 15.7 Å². The molecule has 4 aromatic rings. The molecule has 0 aromatic heterocycles. The molecule has 4 aromatic carbocycles. The van der Waals surface area contributed by atoms with Gasteiger partial charge in [-0.1, -0.05) is 91.9 Å². The number of hydrogen-bond acceptors (Lipinski definition) is 3. The number of anilines is 1. The average Bonchev–Trinajstić information content (AvgIpc) is 2.97. The standard InChI is InChI=1S/C34H36N2O.ClH/c1-2-31(26-8-4-3-5-9-26)34(28-14-12-27(13-15-28)32-10-6-7-11-33(32)37)29-16-18-30(19-17-29)36-22-20-25(24-35)21-23-36;/h3-19,25,37H,2,20-24,35H2,1H3;1H. The van der Waals surface area contributed by atoms with Crippen molar-refractivity contribution in [1.29, 1.82) is 0 Å². The zero-order chi connectivity index (χ0) is 25.6. The van der Waals surface area contributed by atoms with Gasteiger partial charge in [0.25, 0.3) is 0 Å². The summed E-state index contributed by atoms with van der Waals surface area (Å²) in [6.45, 7) is 5.17. The molecule has 1 saturated heterocycles. The molecule has 5 rings (SSSR count). The number of para-hydroxylation sites is 1. The predicted molar refractivity (Wildman–Crippen MR) is 164 cm³/mol. The number of phenolic OH excluding ortho intramolecular Hbond substituents is 1. The first-order valence-electron chi connectivity index (χ1n) is 13.4. The van der Waals surface area contributed by atoms with Crippen molar-refractivity contribution < 1.29 is 5.11 Å². The summed E-state index contributed by atoms with van der Waals surface area (Å²) >= 11 is 0. The Labute approximate surface area is 233 Å². The van der Waals surface area contributed by atoms with E-state index in [9.17, 15) is 5.11 Å². The molecule has 3 N–H and O–H groups in total. The Balaban J connectivity index is 0.00000336.